The Kier molecular flexibility index (Phi) is 3.31. The Morgan fingerprint density at radius 3 is 3.16 bits per heavy atom. The Morgan fingerprint density at radius 2 is 2.42 bits per heavy atom. The molecule has 2 aromatic rings. The van der Waals surface area contributed by atoms with Crippen LogP contribution in [0.25, 0.3) is 5.69 Å². The summed E-state index contributed by atoms with van der Waals surface area (Å²) in [6, 6.07) is 3.91. The van der Waals surface area contributed by atoms with E-state index in [0.717, 1.165) is 36.7 Å². The van der Waals surface area contributed by atoms with Gasteiger partial charge in [0, 0.05) is 18.7 Å². The van der Waals surface area contributed by atoms with Crippen molar-refractivity contribution in [2.45, 2.75) is 19.4 Å². The zero-order valence-corrected chi connectivity index (χ0v) is 11.0. The van der Waals surface area contributed by atoms with Crippen LogP contribution < -0.4 is 5.73 Å². The zero-order valence-electron chi connectivity index (χ0n) is 11.0. The molecule has 2 aromatic heterocycles. The van der Waals surface area contributed by atoms with Crippen LogP contribution in [0.3, 0.4) is 0 Å². The predicted octanol–water partition coefficient (Wildman–Crippen LogP) is 1.61. The van der Waals surface area contributed by atoms with Gasteiger partial charge in [-0.2, -0.15) is 0 Å². The van der Waals surface area contributed by atoms with Crippen molar-refractivity contribution in [3.8, 4) is 5.69 Å². The summed E-state index contributed by atoms with van der Waals surface area (Å²) >= 11 is 0. The monoisotopic (exact) mass is 258 g/mol. The first-order chi connectivity index (χ1) is 9.27. The van der Waals surface area contributed by atoms with Crippen molar-refractivity contribution in [3.63, 3.8) is 0 Å². The van der Waals surface area contributed by atoms with Crippen molar-refractivity contribution in [3.05, 3.63) is 42.2 Å². The van der Waals surface area contributed by atoms with Crippen molar-refractivity contribution >= 4 is 0 Å². The first-order valence-corrected chi connectivity index (χ1v) is 6.55. The summed E-state index contributed by atoms with van der Waals surface area (Å²) in [6.07, 6.45) is 6.45. The molecule has 0 saturated carbocycles. The van der Waals surface area contributed by atoms with E-state index in [0.29, 0.717) is 5.92 Å². The van der Waals surface area contributed by atoms with Gasteiger partial charge in [-0.3, -0.25) is 9.55 Å². The number of rotatable bonds is 3. The molecule has 0 aromatic carbocycles. The number of aromatic nitrogens is 3. The highest BCUT2D eigenvalue weighted by Crippen LogP contribution is 2.28. The average molecular weight is 258 g/mol. The van der Waals surface area contributed by atoms with Gasteiger partial charge in [-0.15, -0.1) is 0 Å². The van der Waals surface area contributed by atoms with Gasteiger partial charge in [-0.05, 0) is 25.5 Å². The highest BCUT2D eigenvalue weighted by molar-refractivity contribution is 5.37. The second-order valence-corrected chi connectivity index (χ2v) is 4.95. The lowest BCUT2D eigenvalue weighted by Gasteiger charge is -2.20. The molecular weight excluding hydrogens is 240 g/mol. The quantitative estimate of drug-likeness (QED) is 0.908. The third-order valence-electron chi connectivity index (χ3n) is 3.72. The lowest BCUT2D eigenvalue weighted by Crippen LogP contribution is -2.24. The summed E-state index contributed by atoms with van der Waals surface area (Å²) in [6.45, 7) is 3.53. The summed E-state index contributed by atoms with van der Waals surface area (Å²) in [5.41, 5.74) is 9.39. The van der Waals surface area contributed by atoms with Crippen LogP contribution >= 0.6 is 0 Å². The standard InChI is InChI=1S/C14H18N4O/c1-10-12(3-2-5-17-10)18-9-16-7-13(18)14(15)11-4-6-19-8-11/h2-3,5,7,9,11,14H,4,6,8,15H2,1H3. The van der Waals surface area contributed by atoms with E-state index >= 15 is 0 Å². The van der Waals surface area contributed by atoms with Crippen LogP contribution in [0, 0.1) is 12.8 Å². The Hall–Kier alpha value is -1.72. The van der Waals surface area contributed by atoms with Gasteiger partial charge in [0.25, 0.3) is 0 Å². The average Bonchev–Trinajstić information content (AvgIpc) is 3.10. The lowest BCUT2D eigenvalue weighted by atomic mass is 9.97. The molecule has 0 spiro atoms. The molecule has 0 radical (unpaired) electrons. The number of hydrogen-bond donors (Lipinski definition) is 1. The fourth-order valence-electron chi connectivity index (χ4n) is 2.56. The summed E-state index contributed by atoms with van der Waals surface area (Å²) in [5.74, 6) is 0.368. The highest BCUT2D eigenvalue weighted by atomic mass is 16.5. The maximum atomic E-state index is 6.37. The molecule has 1 saturated heterocycles. The number of imidazole rings is 1. The molecule has 19 heavy (non-hydrogen) atoms. The minimum Gasteiger partial charge on any atom is -0.381 e. The van der Waals surface area contributed by atoms with E-state index in [4.69, 9.17) is 10.5 Å². The molecule has 2 unspecified atom stereocenters. The molecule has 3 rings (SSSR count). The highest BCUT2D eigenvalue weighted by Gasteiger charge is 2.26. The number of nitrogens with two attached hydrogens (primary N) is 1. The Morgan fingerprint density at radius 1 is 1.53 bits per heavy atom. The van der Waals surface area contributed by atoms with Gasteiger partial charge in [0.1, 0.15) is 0 Å². The minimum atomic E-state index is -0.0513. The van der Waals surface area contributed by atoms with Gasteiger partial charge in [-0.25, -0.2) is 4.98 Å². The van der Waals surface area contributed by atoms with Crippen LogP contribution in [0.1, 0.15) is 23.9 Å². The summed E-state index contributed by atoms with van der Waals surface area (Å²) in [5, 5.41) is 0. The summed E-state index contributed by atoms with van der Waals surface area (Å²) < 4.78 is 7.46. The van der Waals surface area contributed by atoms with Crippen LogP contribution in [-0.4, -0.2) is 27.7 Å². The van der Waals surface area contributed by atoms with E-state index in [9.17, 15) is 0 Å². The first-order valence-electron chi connectivity index (χ1n) is 6.55. The van der Waals surface area contributed by atoms with Crippen LogP contribution in [0.2, 0.25) is 0 Å². The number of nitrogens with zero attached hydrogens (tertiary/aromatic N) is 3. The summed E-state index contributed by atoms with van der Waals surface area (Å²) in [7, 11) is 0. The summed E-state index contributed by atoms with van der Waals surface area (Å²) in [4.78, 5) is 8.57. The molecular formula is C14H18N4O. The molecule has 1 aliphatic rings. The van der Waals surface area contributed by atoms with Crippen molar-refractivity contribution < 1.29 is 4.74 Å². The van der Waals surface area contributed by atoms with E-state index in [2.05, 4.69) is 9.97 Å². The fourth-order valence-corrected chi connectivity index (χ4v) is 2.56. The molecule has 100 valence electrons. The van der Waals surface area contributed by atoms with Gasteiger partial charge in [-0.1, -0.05) is 0 Å². The van der Waals surface area contributed by atoms with Gasteiger partial charge >= 0.3 is 0 Å². The molecule has 3 heterocycles. The smallest absolute Gasteiger partial charge is 0.0995 e. The van der Waals surface area contributed by atoms with Crippen LogP contribution in [-0.2, 0) is 4.74 Å². The Balaban J connectivity index is 1.96. The molecule has 2 atom stereocenters. The van der Waals surface area contributed by atoms with Crippen molar-refractivity contribution in [1.29, 1.82) is 0 Å². The first kappa shape index (κ1) is 12.3. The topological polar surface area (TPSA) is 66.0 Å². The molecule has 0 aliphatic carbocycles. The molecule has 2 N–H and O–H groups in total. The van der Waals surface area contributed by atoms with Crippen molar-refractivity contribution in [2.24, 2.45) is 11.7 Å². The number of aryl methyl sites for hydroxylation is 1. The second-order valence-electron chi connectivity index (χ2n) is 4.95. The maximum Gasteiger partial charge on any atom is 0.0995 e. The minimum absolute atomic E-state index is 0.0513. The molecule has 0 bridgehead atoms. The van der Waals surface area contributed by atoms with E-state index in [1.54, 1.807) is 12.5 Å². The van der Waals surface area contributed by atoms with Crippen LogP contribution in [0.15, 0.2) is 30.9 Å². The van der Waals surface area contributed by atoms with E-state index in [-0.39, 0.29) is 6.04 Å². The number of ether oxygens (including phenoxy) is 1. The normalized spacial score (nSPS) is 20.6. The van der Waals surface area contributed by atoms with E-state index < -0.39 is 0 Å². The fraction of sp³-hybridized carbons (Fsp3) is 0.429. The third kappa shape index (κ3) is 2.27. The number of hydrogen-bond acceptors (Lipinski definition) is 4. The third-order valence-corrected chi connectivity index (χ3v) is 3.72. The second kappa shape index (κ2) is 5.11. The molecule has 1 aliphatic heterocycles. The van der Waals surface area contributed by atoms with E-state index in [1.807, 2.05) is 29.8 Å². The molecule has 1 fully saturated rings. The van der Waals surface area contributed by atoms with Gasteiger partial charge in [0.05, 0.1) is 42.2 Å². The Bertz CT molecular complexity index is 560. The molecule has 5 nitrogen and oxygen atoms in total. The SMILES string of the molecule is Cc1ncccc1-n1cncc1C(N)C1CCOC1. The van der Waals surface area contributed by atoms with Gasteiger partial charge in [0.15, 0.2) is 0 Å². The molecule has 5 heteroatoms. The number of pyridine rings is 1. The van der Waals surface area contributed by atoms with E-state index in [1.165, 1.54) is 0 Å². The van der Waals surface area contributed by atoms with Crippen molar-refractivity contribution in [1.82, 2.24) is 14.5 Å². The molecule has 0 amide bonds. The predicted molar refractivity (Wildman–Crippen MR) is 72.0 cm³/mol. The van der Waals surface area contributed by atoms with Gasteiger partial charge in [0.2, 0.25) is 0 Å². The largest absolute Gasteiger partial charge is 0.381 e. The zero-order chi connectivity index (χ0) is 13.2. The lowest BCUT2D eigenvalue weighted by molar-refractivity contribution is 0.180. The van der Waals surface area contributed by atoms with Gasteiger partial charge < -0.3 is 10.5 Å². The maximum absolute atomic E-state index is 6.37. The Labute approximate surface area is 112 Å². The van der Waals surface area contributed by atoms with Crippen LogP contribution in [0.4, 0.5) is 0 Å². The van der Waals surface area contributed by atoms with Crippen LogP contribution in [0.5, 0.6) is 0 Å². The van der Waals surface area contributed by atoms with Crippen molar-refractivity contribution in [2.75, 3.05) is 13.2 Å².